The van der Waals surface area contributed by atoms with Crippen LogP contribution in [0.1, 0.15) is 10.4 Å². The minimum Gasteiger partial charge on any atom is -0.272 e. The summed E-state index contributed by atoms with van der Waals surface area (Å²) in [5.41, 5.74) is 3.41. The van der Waals surface area contributed by atoms with Crippen LogP contribution in [0.2, 0.25) is 0 Å². The zero-order valence-electron chi connectivity index (χ0n) is 12.7. The van der Waals surface area contributed by atoms with Crippen LogP contribution in [0.5, 0.6) is 0 Å². The Balaban J connectivity index is 1.42. The van der Waals surface area contributed by atoms with Crippen LogP contribution >= 0.6 is 23.1 Å². The predicted octanol–water partition coefficient (Wildman–Crippen LogP) is 2.12. The first-order valence-electron chi connectivity index (χ1n) is 7.17. The van der Waals surface area contributed by atoms with Crippen LogP contribution in [-0.4, -0.2) is 31.9 Å². The van der Waals surface area contributed by atoms with Gasteiger partial charge < -0.3 is 0 Å². The maximum atomic E-state index is 11.8. The van der Waals surface area contributed by atoms with Crippen LogP contribution in [0.25, 0.3) is 0 Å². The number of thioether (sulfide) groups is 1. The Labute approximate surface area is 147 Å². The lowest BCUT2D eigenvalue weighted by molar-refractivity contribution is -0.131. The van der Waals surface area contributed by atoms with E-state index >= 15 is 0 Å². The largest absolute Gasteiger partial charge is 0.272 e. The Kier molecular flexibility index (Phi) is 5.94. The summed E-state index contributed by atoms with van der Waals surface area (Å²) in [6.45, 7) is 0.923. The molecule has 2 heterocycles. The summed E-state index contributed by atoms with van der Waals surface area (Å²) in [7, 11) is 0. The van der Waals surface area contributed by atoms with Crippen molar-refractivity contribution in [2.45, 2.75) is 18.3 Å². The number of amides is 1. The van der Waals surface area contributed by atoms with E-state index in [2.05, 4.69) is 21.0 Å². The van der Waals surface area contributed by atoms with E-state index in [0.717, 1.165) is 10.4 Å². The van der Waals surface area contributed by atoms with Crippen molar-refractivity contribution in [1.82, 2.24) is 25.7 Å². The number of hydrogen-bond acceptors (Lipinski definition) is 7. The Hall–Kier alpha value is -2.23. The number of hydrogen-bond donors (Lipinski definition) is 1. The number of carbonyl (C=O) groups excluding carboxylic acids is 1. The van der Waals surface area contributed by atoms with E-state index in [0.29, 0.717) is 18.3 Å². The molecule has 0 saturated heterocycles. The van der Waals surface area contributed by atoms with Gasteiger partial charge >= 0.3 is 0 Å². The molecule has 0 aliphatic carbocycles. The summed E-state index contributed by atoms with van der Waals surface area (Å²) in [5.74, 6) is -0.0545. The monoisotopic (exact) mass is 361 g/mol. The first-order chi connectivity index (χ1) is 11.8. The molecule has 0 atom stereocenters. The fourth-order valence-corrected chi connectivity index (χ4v) is 3.23. The van der Waals surface area contributed by atoms with Gasteiger partial charge in [0, 0.05) is 4.88 Å². The maximum absolute atomic E-state index is 11.8. The molecule has 24 heavy (non-hydrogen) atoms. The second kappa shape index (κ2) is 8.57. The van der Waals surface area contributed by atoms with E-state index in [1.54, 1.807) is 16.0 Å². The van der Waals surface area contributed by atoms with Gasteiger partial charge in [-0.15, -0.1) is 16.4 Å². The molecule has 2 aromatic heterocycles. The number of aromatic nitrogens is 4. The van der Waals surface area contributed by atoms with E-state index in [9.17, 15) is 4.79 Å². The molecule has 0 aliphatic heterocycles. The molecular weight excluding hydrogens is 346 g/mol. The molecule has 0 fully saturated rings. The highest BCUT2D eigenvalue weighted by molar-refractivity contribution is 7.99. The lowest BCUT2D eigenvalue weighted by Crippen LogP contribution is -2.25. The fourth-order valence-electron chi connectivity index (χ4n) is 1.88. The molecule has 0 saturated carbocycles. The van der Waals surface area contributed by atoms with Crippen molar-refractivity contribution in [3.63, 3.8) is 0 Å². The van der Waals surface area contributed by atoms with Gasteiger partial charge in [0.15, 0.2) is 0 Å². The third-order valence-electron chi connectivity index (χ3n) is 2.98. The molecule has 0 unspecified atom stereocenters. The summed E-state index contributed by atoms with van der Waals surface area (Å²) in [6.07, 6.45) is 0. The number of hydroxylamine groups is 1. The first-order valence-corrected chi connectivity index (χ1v) is 9.03. The molecular formula is C15H15N5O2S2. The first kappa shape index (κ1) is 16.6. The van der Waals surface area contributed by atoms with Gasteiger partial charge in [0.2, 0.25) is 5.16 Å². The van der Waals surface area contributed by atoms with Crippen LogP contribution in [0.4, 0.5) is 0 Å². The average molecular weight is 361 g/mol. The number of nitrogens with zero attached hydrogens (tertiary/aromatic N) is 4. The van der Waals surface area contributed by atoms with Crippen LogP contribution in [0.3, 0.4) is 0 Å². The molecule has 0 radical (unpaired) electrons. The summed E-state index contributed by atoms with van der Waals surface area (Å²) < 4.78 is 1.68. The van der Waals surface area contributed by atoms with E-state index in [4.69, 9.17) is 4.84 Å². The zero-order chi connectivity index (χ0) is 16.6. The van der Waals surface area contributed by atoms with Crippen LogP contribution in [0.15, 0.2) is 53.0 Å². The number of thiophene rings is 1. The fraction of sp³-hybridized carbons (Fsp3) is 0.200. The summed E-state index contributed by atoms with van der Waals surface area (Å²) in [6, 6.07) is 13.6. The minimum atomic E-state index is -0.235. The van der Waals surface area contributed by atoms with Gasteiger partial charge in [-0.3, -0.25) is 9.63 Å². The number of benzene rings is 1. The minimum absolute atomic E-state index is 0.180. The highest BCUT2D eigenvalue weighted by atomic mass is 32.2. The summed E-state index contributed by atoms with van der Waals surface area (Å²) >= 11 is 2.91. The van der Waals surface area contributed by atoms with Gasteiger partial charge in [-0.25, -0.2) is 10.2 Å². The number of rotatable bonds is 8. The highest BCUT2D eigenvalue weighted by Crippen LogP contribution is 2.16. The van der Waals surface area contributed by atoms with Crippen molar-refractivity contribution < 1.29 is 9.63 Å². The number of nitrogens with one attached hydrogen (secondary N) is 1. The maximum Gasteiger partial charge on any atom is 0.254 e. The van der Waals surface area contributed by atoms with Gasteiger partial charge in [-0.2, -0.15) is 0 Å². The molecule has 3 rings (SSSR count). The van der Waals surface area contributed by atoms with E-state index < -0.39 is 0 Å². The molecule has 3 aromatic rings. The lowest BCUT2D eigenvalue weighted by Gasteiger charge is -2.06. The molecule has 1 amide bonds. The van der Waals surface area contributed by atoms with Crippen molar-refractivity contribution in [2.75, 3.05) is 5.75 Å². The van der Waals surface area contributed by atoms with Crippen molar-refractivity contribution in [3.8, 4) is 0 Å². The quantitative estimate of drug-likeness (QED) is 0.489. The van der Waals surface area contributed by atoms with Gasteiger partial charge in [0.25, 0.3) is 5.91 Å². The van der Waals surface area contributed by atoms with Crippen molar-refractivity contribution in [3.05, 3.63) is 58.3 Å². The van der Waals surface area contributed by atoms with Crippen molar-refractivity contribution in [2.24, 2.45) is 0 Å². The molecule has 0 spiro atoms. The Morgan fingerprint density at radius 2 is 2.12 bits per heavy atom. The van der Waals surface area contributed by atoms with Crippen molar-refractivity contribution >= 4 is 29.0 Å². The van der Waals surface area contributed by atoms with Crippen LogP contribution < -0.4 is 5.48 Å². The SMILES string of the molecule is O=C(CSc1nnnn1Cc1cccs1)NOCc1ccccc1. The molecule has 0 bridgehead atoms. The molecule has 9 heteroatoms. The smallest absolute Gasteiger partial charge is 0.254 e. The molecule has 124 valence electrons. The molecule has 0 aliphatic rings. The summed E-state index contributed by atoms with van der Waals surface area (Å²) in [4.78, 5) is 18.2. The Bertz CT molecular complexity index is 761. The lowest BCUT2D eigenvalue weighted by atomic mass is 10.2. The summed E-state index contributed by atoms with van der Waals surface area (Å²) in [5, 5.41) is 14.2. The zero-order valence-corrected chi connectivity index (χ0v) is 14.3. The van der Waals surface area contributed by atoms with Gasteiger partial charge in [0.1, 0.15) is 0 Å². The van der Waals surface area contributed by atoms with Gasteiger partial charge in [-0.05, 0) is 27.4 Å². The second-order valence-electron chi connectivity index (χ2n) is 4.79. The topological polar surface area (TPSA) is 81.9 Å². The normalized spacial score (nSPS) is 10.7. The van der Waals surface area contributed by atoms with Crippen LogP contribution in [-0.2, 0) is 22.8 Å². The molecule has 7 nitrogen and oxygen atoms in total. The third kappa shape index (κ3) is 4.88. The van der Waals surface area contributed by atoms with Crippen LogP contribution in [0, 0.1) is 0 Å². The number of tetrazole rings is 1. The predicted molar refractivity (Wildman–Crippen MR) is 91.3 cm³/mol. The Morgan fingerprint density at radius 3 is 2.92 bits per heavy atom. The van der Waals surface area contributed by atoms with Crippen molar-refractivity contribution in [1.29, 1.82) is 0 Å². The standard InChI is InChI=1S/C15H15N5O2S2/c21-14(17-22-10-12-5-2-1-3-6-12)11-24-15-16-18-19-20(15)9-13-7-4-8-23-13/h1-8H,9-11H2,(H,17,21). The number of carbonyl (C=O) groups is 1. The van der Waals surface area contributed by atoms with E-state index in [1.807, 2.05) is 47.8 Å². The molecule has 1 aromatic carbocycles. The van der Waals surface area contributed by atoms with E-state index in [1.165, 1.54) is 11.8 Å². The average Bonchev–Trinajstić information content (AvgIpc) is 3.26. The second-order valence-corrected chi connectivity index (χ2v) is 6.76. The van der Waals surface area contributed by atoms with Gasteiger partial charge in [-0.1, -0.05) is 48.2 Å². The molecule has 1 N–H and O–H groups in total. The third-order valence-corrected chi connectivity index (χ3v) is 4.80. The highest BCUT2D eigenvalue weighted by Gasteiger charge is 2.11. The van der Waals surface area contributed by atoms with E-state index in [-0.39, 0.29) is 11.7 Å². The van der Waals surface area contributed by atoms with Gasteiger partial charge in [0.05, 0.1) is 18.9 Å². The Morgan fingerprint density at radius 1 is 1.25 bits per heavy atom.